The summed E-state index contributed by atoms with van der Waals surface area (Å²) in [5.41, 5.74) is 6.60. The molecule has 0 fully saturated rings. The Morgan fingerprint density at radius 3 is 2.05 bits per heavy atom. The highest BCUT2D eigenvalue weighted by molar-refractivity contribution is 6.08. The van der Waals surface area contributed by atoms with E-state index in [4.69, 9.17) is 5.73 Å². The van der Waals surface area contributed by atoms with E-state index in [0.29, 0.717) is 5.69 Å². The summed E-state index contributed by atoms with van der Waals surface area (Å²) < 4.78 is 0. The Labute approximate surface area is 122 Å². The van der Waals surface area contributed by atoms with Crippen LogP contribution in [0.2, 0.25) is 0 Å². The van der Waals surface area contributed by atoms with Crippen molar-refractivity contribution in [3.8, 4) is 0 Å². The van der Waals surface area contributed by atoms with Crippen LogP contribution in [0.5, 0.6) is 0 Å². The average Bonchev–Trinajstić information content (AvgIpc) is 2.48. The molecule has 0 aliphatic rings. The van der Waals surface area contributed by atoms with Crippen LogP contribution in [0, 0.1) is 0 Å². The fraction of sp³-hybridized carbons (Fsp3) is 0. The lowest BCUT2D eigenvalue weighted by molar-refractivity contribution is -0.113. The number of nitrogens with two attached hydrogens (primary N) is 1. The topological polar surface area (TPSA) is 84.2 Å². The summed E-state index contributed by atoms with van der Waals surface area (Å²) in [4.78, 5) is 23.2. The Balaban J connectivity index is 2.21. The van der Waals surface area contributed by atoms with Crippen molar-refractivity contribution >= 4 is 23.7 Å². The number of para-hydroxylation sites is 1. The Morgan fingerprint density at radius 1 is 0.905 bits per heavy atom. The van der Waals surface area contributed by atoms with Gasteiger partial charge in [0.25, 0.3) is 5.91 Å². The molecule has 21 heavy (non-hydrogen) atoms. The van der Waals surface area contributed by atoms with Crippen molar-refractivity contribution in [2.24, 2.45) is 5.73 Å². The molecular weight excluding hydrogens is 266 g/mol. The van der Waals surface area contributed by atoms with E-state index >= 15 is 0 Å². The van der Waals surface area contributed by atoms with Gasteiger partial charge in [0.05, 0.1) is 0 Å². The Hall–Kier alpha value is -3.08. The predicted octanol–water partition coefficient (Wildman–Crippen LogP) is 2.33. The minimum atomic E-state index is -0.791. The average molecular weight is 281 g/mol. The summed E-state index contributed by atoms with van der Waals surface area (Å²) >= 11 is 0. The smallest absolute Gasteiger partial charge is 0.316 e. The van der Waals surface area contributed by atoms with Crippen LogP contribution in [-0.4, -0.2) is 11.9 Å². The molecule has 0 aliphatic carbocycles. The zero-order valence-corrected chi connectivity index (χ0v) is 11.2. The first kappa shape index (κ1) is 14.3. The van der Waals surface area contributed by atoms with Crippen LogP contribution >= 0.6 is 0 Å². The molecule has 0 heterocycles. The Kier molecular flexibility index (Phi) is 4.71. The molecule has 2 aromatic carbocycles. The largest absolute Gasteiger partial charge is 0.351 e. The van der Waals surface area contributed by atoms with Gasteiger partial charge in [0.1, 0.15) is 5.70 Å². The molecule has 0 saturated heterocycles. The maximum Gasteiger partial charge on any atom is 0.316 e. The number of anilines is 1. The highest BCUT2D eigenvalue weighted by Crippen LogP contribution is 2.09. The quantitative estimate of drug-likeness (QED) is 0.751. The van der Waals surface area contributed by atoms with Crippen LogP contribution in [0.4, 0.5) is 10.5 Å². The number of amides is 3. The van der Waals surface area contributed by atoms with Gasteiger partial charge in [0, 0.05) is 5.69 Å². The Morgan fingerprint density at radius 2 is 1.48 bits per heavy atom. The molecule has 0 radical (unpaired) electrons. The summed E-state index contributed by atoms with van der Waals surface area (Å²) in [6, 6.07) is 17.3. The summed E-state index contributed by atoms with van der Waals surface area (Å²) in [6.07, 6.45) is 1.56. The minimum absolute atomic E-state index is 0.0811. The van der Waals surface area contributed by atoms with Crippen molar-refractivity contribution in [2.45, 2.75) is 0 Å². The summed E-state index contributed by atoms with van der Waals surface area (Å²) in [7, 11) is 0. The maximum atomic E-state index is 12.2. The number of carbonyl (C=O) groups is 2. The molecule has 0 bridgehead atoms. The van der Waals surface area contributed by atoms with Gasteiger partial charge in [0.2, 0.25) is 0 Å². The van der Waals surface area contributed by atoms with Crippen molar-refractivity contribution in [1.29, 1.82) is 0 Å². The second-order valence-electron chi connectivity index (χ2n) is 4.28. The number of benzene rings is 2. The van der Waals surface area contributed by atoms with Gasteiger partial charge in [-0.3, -0.25) is 4.79 Å². The second-order valence-corrected chi connectivity index (χ2v) is 4.28. The van der Waals surface area contributed by atoms with Gasteiger partial charge in [-0.25, -0.2) is 4.79 Å². The molecule has 5 heteroatoms. The summed E-state index contributed by atoms with van der Waals surface area (Å²) in [5.74, 6) is -0.441. The zero-order valence-electron chi connectivity index (χ0n) is 11.2. The molecule has 2 rings (SSSR count). The number of nitrogens with one attached hydrogen (secondary N) is 2. The summed E-state index contributed by atoms with van der Waals surface area (Å²) in [5, 5.41) is 5.03. The van der Waals surface area contributed by atoms with E-state index in [9.17, 15) is 9.59 Å². The number of urea groups is 1. The third-order valence-electron chi connectivity index (χ3n) is 2.64. The van der Waals surface area contributed by atoms with Crippen LogP contribution in [0.15, 0.2) is 66.4 Å². The Bertz CT molecular complexity index is 652. The molecule has 106 valence electrons. The first-order valence-electron chi connectivity index (χ1n) is 6.35. The van der Waals surface area contributed by atoms with Crippen molar-refractivity contribution in [2.75, 3.05) is 5.32 Å². The van der Waals surface area contributed by atoms with Crippen molar-refractivity contribution in [3.05, 3.63) is 71.9 Å². The number of hydrogen-bond donors (Lipinski definition) is 3. The molecule has 0 unspecified atom stereocenters. The highest BCUT2D eigenvalue weighted by Gasteiger charge is 2.11. The van der Waals surface area contributed by atoms with Crippen molar-refractivity contribution in [1.82, 2.24) is 5.32 Å². The monoisotopic (exact) mass is 281 g/mol. The molecule has 0 atom stereocenters. The third kappa shape index (κ3) is 4.50. The van der Waals surface area contributed by atoms with Gasteiger partial charge >= 0.3 is 6.03 Å². The molecule has 0 saturated carbocycles. The summed E-state index contributed by atoms with van der Waals surface area (Å²) in [6.45, 7) is 0. The SMILES string of the molecule is NC(=O)NC(=Cc1ccccc1)C(=O)Nc1ccccc1. The molecule has 3 amide bonds. The van der Waals surface area contributed by atoms with Crippen LogP contribution < -0.4 is 16.4 Å². The van der Waals surface area contributed by atoms with Crippen LogP contribution in [0.3, 0.4) is 0 Å². The van der Waals surface area contributed by atoms with E-state index in [1.165, 1.54) is 0 Å². The fourth-order valence-electron chi connectivity index (χ4n) is 1.73. The maximum absolute atomic E-state index is 12.2. The van der Waals surface area contributed by atoms with E-state index in [2.05, 4.69) is 10.6 Å². The number of primary amides is 1. The molecule has 0 aliphatic heterocycles. The van der Waals surface area contributed by atoms with Gasteiger partial charge in [-0.1, -0.05) is 48.5 Å². The van der Waals surface area contributed by atoms with Crippen LogP contribution in [0.1, 0.15) is 5.56 Å². The highest BCUT2D eigenvalue weighted by atomic mass is 16.2. The fourth-order valence-corrected chi connectivity index (χ4v) is 1.73. The van der Waals surface area contributed by atoms with E-state index in [0.717, 1.165) is 5.56 Å². The minimum Gasteiger partial charge on any atom is -0.351 e. The van der Waals surface area contributed by atoms with E-state index in [1.807, 2.05) is 36.4 Å². The predicted molar refractivity (Wildman–Crippen MR) is 82.2 cm³/mol. The van der Waals surface area contributed by atoms with Crippen LogP contribution in [-0.2, 0) is 4.79 Å². The number of hydrogen-bond acceptors (Lipinski definition) is 2. The molecule has 2 aromatic rings. The van der Waals surface area contributed by atoms with E-state index < -0.39 is 11.9 Å². The lowest BCUT2D eigenvalue weighted by Gasteiger charge is -2.09. The van der Waals surface area contributed by atoms with Crippen LogP contribution in [0.25, 0.3) is 6.08 Å². The standard InChI is InChI=1S/C16H15N3O2/c17-16(21)19-14(11-12-7-3-1-4-8-12)15(20)18-13-9-5-2-6-10-13/h1-11H,(H,18,20)(H3,17,19,21). The van der Waals surface area contributed by atoms with Gasteiger partial charge in [-0.15, -0.1) is 0 Å². The van der Waals surface area contributed by atoms with Gasteiger partial charge in [0.15, 0.2) is 0 Å². The molecule has 0 aromatic heterocycles. The zero-order chi connectivity index (χ0) is 15.1. The molecule has 4 N–H and O–H groups in total. The first-order chi connectivity index (χ1) is 10.1. The molecular formula is C16H15N3O2. The van der Waals surface area contributed by atoms with Gasteiger partial charge in [-0.05, 0) is 23.8 Å². The van der Waals surface area contributed by atoms with Gasteiger partial charge in [-0.2, -0.15) is 0 Å². The number of carbonyl (C=O) groups excluding carboxylic acids is 2. The third-order valence-corrected chi connectivity index (χ3v) is 2.64. The molecule has 5 nitrogen and oxygen atoms in total. The van der Waals surface area contributed by atoms with E-state index in [1.54, 1.807) is 30.3 Å². The van der Waals surface area contributed by atoms with Crippen molar-refractivity contribution < 1.29 is 9.59 Å². The van der Waals surface area contributed by atoms with E-state index in [-0.39, 0.29) is 5.70 Å². The lowest BCUT2D eigenvalue weighted by atomic mass is 10.2. The lowest BCUT2D eigenvalue weighted by Crippen LogP contribution is -2.34. The number of rotatable bonds is 4. The molecule has 0 spiro atoms. The van der Waals surface area contributed by atoms with Crippen molar-refractivity contribution in [3.63, 3.8) is 0 Å². The normalized spacial score (nSPS) is 10.8. The second kappa shape index (κ2) is 6.91. The first-order valence-corrected chi connectivity index (χ1v) is 6.35. The van der Waals surface area contributed by atoms with Gasteiger partial charge < -0.3 is 16.4 Å².